The summed E-state index contributed by atoms with van der Waals surface area (Å²) < 4.78 is 15.4. The number of hydrogen-bond acceptors (Lipinski definition) is 5. The lowest BCUT2D eigenvalue weighted by Crippen LogP contribution is -2.36. The first-order chi connectivity index (χ1) is 12.7. The van der Waals surface area contributed by atoms with E-state index < -0.39 is 0 Å². The average molecular weight is 353 g/mol. The molecule has 0 unspecified atom stereocenters. The van der Waals surface area contributed by atoms with Crippen molar-refractivity contribution in [1.29, 1.82) is 0 Å². The Hall–Kier alpha value is -2.64. The largest absolute Gasteiger partial charge is 0.497 e. The summed E-state index contributed by atoms with van der Waals surface area (Å²) in [5.41, 5.74) is 2.05. The Bertz CT molecular complexity index is 868. The quantitative estimate of drug-likeness (QED) is 0.734. The molecule has 0 fully saturated rings. The van der Waals surface area contributed by atoms with E-state index in [1.807, 2.05) is 48.3 Å². The molecule has 2 aromatic heterocycles. The number of imidazole rings is 2. The fraction of sp³-hybridized carbons (Fsp3) is 0.368. The van der Waals surface area contributed by atoms with Crippen LogP contribution in [0, 0.1) is 0 Å². The number of benzene rings is 1. The Balaban J connectivity index is 1.37. The van der Waals surface area contributed by atoms with E-state index >= 15 is 0 Å². The molecule has 1 N–H and O–H groups in total. The monoisotopic (exact) mass is 353 g/mol. The molecule has 3 heterocycles. The van der Waals surface area contributed by atoms with Gasteiger partial charge in [0.15, 0.2) is 0 Å². The smallest absolute Gasteiger partial charge is 0.135 e. The van der Waals surface area contributed by atoms with Gasteiger partial charge in [-0.15, -0.1) is 0 Å². The zero-order valence-electron chi connectivity index (χ0n) is 15.1. The summed E-state index contributed by atoms with van der Waals surface area (Å²) in [5, 5.41) is 3.42. The van der Waals surface area contributed by atoms with E-state index in [4.69, 9.17) is 14.5 Å². The van der Waals surface area contributed by atoms with Crippen LogP contribution in [0.4, 0.5) is 0 Å². The van der Waals surface area contributed by atoms with Gasteiger partial charge in [0.2, 0.25) is 0 Å². The van der Waals surface area contributed by atoms with E-state index in [0.29, 0.717) is 6.61 Å². The number of nitrogens with one attached hydrogen (secondary N) is 1. The van der Waals surface area contributed by atoms with E-state index in [1.54, 1.807) is 7.11 Å². The van der Waals surface area contributed by atoms with Gasteiger partial charge in [0.05, 0.1) is 32.0 Å². The number of methoxy groups -OCH3 is 1. The van der Waals surface area contributed by atoms with Crippen LogP contribution in [0.15, 0.2) is 42.9 Å². The molecule has 0 bridgehead atoms. The summed E-state index contributed by atoms with van der Waals surface area (Å²) in [6, 6.07) is 7.96. The molecule has 7 heteroatoms. The molecule has 0 saturated carbocycles. The highest BCUT2D eigenvalue weighted by Crippen LogP contribution is 2.24. The maximum atomic E-state index is 5.95. The first-order valence-corrected chi connectivity index (χ1v) is 8.72. The summed E-state index contributed by atoms with van der Waals surface area (Å²) in [5.74, 6) is 2.84. The topological polar surface area (TPSA) is 66.1 Å². The summed E-state index contributed by atoms with van der Waals surface area (Å²) in [7, 11) is 3.67. The Kier molecular flexibility index (Phi) is 4.73. The fourth-order valence-electron chi connectivity index (χ4n) is 3.13. The normalized spacial score (nSPS) is 16.5. The molecule has 1 atom stereocenters. The average Bonchev–Trinajstić information content (AvgIpc) is 3.27. The predicted octanol–water partition coefficient (Wildman–Crippen LogP) is 1.98. The zero-order valence-corrected chi connectivity index (χ0v) is 15.1. The molecule has 26 heavy (non-hydrogen) atoms. The Labute approximate surface area is 152 Å². The molecule has 0 saturated heterocycles. The third kappa shape index (κ3) is 3.49. The van der Waals surface area contributed by atoms with Gasteiger partial charge in [0, 0.05) is 37.7 Å². The number of aryl methyl sites for hydroxylation is 1. The van der Waals surface area contributed by atoms with Gasteiger partial charge in [-0.05, 0) is 24.3 Å². The second kappa shape index (κ2) is 7.31. The minimum Gasteiger partial charge on any atom is -0.497 e. The lowest BCUT2D eigenvalue weighted by atomic mass is 10.2. The molecule has 7 nitrogen and oxygen atoms in total. The molecule has 0 amide bonds. The summed E-state index contributed by atoms with van der Waals surface area (Å²) >= 11 is 0. The molecule has 1 aliphatic heterocycles. The van der Waals surface area contributed by atoms with Gasteiger partial charge in [0.1, 0.15) is 24.0 Å². The SMILES string of the molecule is COc1ccc(-c2cn3c(n2)CO[C@@H](CNCc2nccn2C)C3)cc1. The van der Waals surface area contributed by atoms with Crippen molar-refractivity contribution in [3.05, 3.63) is 54.5 Å². The van der Waals surface area contributed by atoms with E-state index in [2.05, 4.69) is 21.1 Å². The van der Waals surface area contributed by atoms with Crippen LogP contribution >= 0.6 is 0 Å². The number of fused-ring (bicyclic) bond motifs is 1. The van der Waals surface area contributed by atoms with Crippen LogP contribution in [0.5, 0.6) is 5.75 Å². The van der Waals surface area contributed by atoms with Crippen molar-refractivity contribution in [3.8, 4) is 17.0 Å². The molecule has 0 aliphatic carbocycles. The van der Waals surface area contributed by atoms with Crippen LogP contribution in [0.25, 0.3) is 11.3 Å². The van der Waals surface area contributed by atoms with Crippen LogP contribution < -0.4 is 10.1 Å². The summed E-state index contributed by atoms with van der Waals surface area (Å²) in [4.78, 5) is 9.03. The molecule has 0 radical (unpaired) electrons. The molecule has 136 valence electrons. The molecule has 0 spiro atoms. The summed E-state index contributed by atoms with van der Waals surface area (Å²) in [6.45, 7) is 2.84. The van der Waals surface area contributed by atoms with Crippen molar-refractivity contribution in [2.75, 3.05) is 13.7 Å². The standard InChI is InChI=1S/C19H23N5O2/c1-23-8-7-21-18(23)10-20-9-16-11-24-12-17(22-19(24)13-26-16)14-3-5-15(25-2)6-4-14/h3-8,12,16,20H,9-11,13H2,1-2H3/t16-/m0/s1. The lowest BCUT2D eigenvalue weighted by molar-refractivity contribution is 0.00268. The summed E-state index contributed by atoms with van der Waals surface area (Å²) in [6.07, 6.45) is 5.99. The van der Waals surface area contributed by atoms with Crippen LogP contribution in [0.1, 0.15) is 11.6 Å². The molecule has 3 aromatic rings. The van der Waals surface area contributed by atoms with Crippen molar-refractivity contribution in [1.82, 2.24) is 24.4 Å². The van der Waals surface area contributed by atoms with Crippen LogP contribution in [0.2, 0.25) is 0 Å². The van der Waals surface area contributed by atoms with Gasteiger partial charge >= 0.3 is 0 Å². The van der Waals surface area contributed by atoms with Crippen LogP contribution in [-0.4, -0.2) is 38.9 Å². The predicted molar refractivity (Wildman–Crippen MR) is 97.7 cm³/mol. The maximum Gasteiger partial charge on any atom is 0.135 e. The van der Waals surface area contributed by atoms with E-state index in [0.717, 1.165) is 48.3 Å². The third-order valence-electron chi connectivity index (χ3n) is 4.67. The van der Waals surface area contributed by atoms with Gasteiger partial charge in [-0.1, -0.05) is 0 Å². The Morgan fingerprint density at radius 3 is 2.88 bits per heavy atom. The van der Waals surface area contributed by atoms with Crippen molar-refractivity contribution in [3.63, 3.8) is 0 Å². The minimum absolute atomic E-state index is 0.126. The number of rotatable bonds is 6. The van der Waals surface area contributed by atoms with E-state index in [-0.39, 0.29) is 6.10 Å². The first-order valence-electron chi connectivity index (χ1n) is 8.72. The van der Waals surface area contributed by atoms with Crippen LogP contribution in [-0.2, 0) is 31.5 Å². The highest BCUT2D eigenvalue weighted by atomic mass is 16.5. The van der Waals surface area contributed by atoms with Crippen molar-refractivity contribution in [2.45, 2.75) is 25.8 Å². The van der Waals surface area contributed by atoms with Crippen LogP contribution in [0.3, 0.4) is 0 Å². The molecular weight excluding hydrogens is 330 g/mol. The van der Waals surface area contributed by atoms with Gasteiger partial charge in [0.25, 0.3) is 0 Å². The molecule has 4 rings (SSSR count). The Morgan fingerprint density at radius 2 is 2.15 bits per heavy atom. The van der Waals surface area contributed by atoms with Gasteiger partial charge in [-0.25, -0.2) is 9.97 Å². The third-order valence-corrected chi connectivity index (χ3v) is 4.67. The minimum atomic E-state index is 0.126. The molecule has 1 aliphatic rings. The maximum absolute atomic E-state index is 5.95. The van der Waals surface area contributed by atoms with E-state index in [1.165, 1.54) is 0 Å². The first kappa shape index (κ1) is 16.8. The second-order valence-corrected chi connectivity index (χ2v) is 6.44. The van der Waals surface area contributed by atoms with E-state index in [9.17, 15) is 0 Å². The van der Waals surface area contributed by atoms with Gasteiger partial charge < -0.3 is 23.9 Å². The van der Waals surface area contributed by atoms with Gasteiger partial charge in [-0.3, -0.25) is 0 Å². The highest BCUT2D eigenvalue weighted by molar-refractivity contribution is 5.59. The molecular formula is C19H23N5O2. The fourth-order valence-corrected chi connectivity index (χ4v) is 3.13. The van der Waals surface area contributed by atoms with Crippen molar-refractivity contribution in [2.24, 2.45) is 7.05 Å². The van der Waals surface area contributed by atoms with Gasteiger partial charge in [-0.2, -0.15) is 0 Å². The number of aromatic nitrogens is 4. The Morgan fingerprint density at radius 1 is 1.31 bits per heavy atom. The number of hydrogen-bond donors (Lipinski definition) is 1. The number of nitrogens with zero attached hydrogens (tertiary/aromatic N) is 4. The number of ether oxygens (including phenoxy) is 2. The molecule has 1 aromatic carbocycles. The van der Waals surface area contributed by atoms with Crippen molar-refractivity contribution >= 4 is 0 Å². The second-order valence-electron chi connectivity index (χ2n) is 6.44. The highest BCUT2D eigenvalue weighted by Gasteiger charge is 2.21. The van der Waals surface area contributed by atoms with Crippen molar-refractivity contribution < 1.29 is 9.47 Å². The lowest BCUT2D eigenvalue weighted by Gasteiger charge is -2.24. The zero-order chi connectivity index (χ0) is 17.9.